The Hall–Kier alpha value is -3.82. The molecular formula is C17H16N6O4. The Morgan fingerprint density at radius 3 is 2.63 bits per heavy atom. The monoisotopic (exact) mass is 368 g/mol. The zero-order chi connectivity index (χ0) is 19.7. The number of nitrogens with one attached hydrogen (secondary N) is 2. The lowest BCUT2D eigenvalue weighted by atomic mass is 10.1. The van der Waals surface area contributed by atoms with Crippen molar-refractivity contribution in [1.29, 1.82) is 0 Å². The van der Waals surface area contributed by atoms with Crippen LogP contribution in [0, 0.1) is 30.9 Å². The van der Waals surface area contributed by atoms with E-state index < -0.39 is 10.8 Å². The average molecular weight is 368 g/mol. The molecule has 0 radical (unpaired) electrons. The molecule has 138 valence electrons. The molecule has 3 aromatic rings. The summed E-state index contributed by atoms with van der Waals surface area (Å²) in [4.78, 5) is 42.0. The van der Waals surface area contributed by atoms with Gasteiger partial charge in [-0.1, -0.05) is 12.1 Å². The minimum absolute atomic E-state index is 0.0885. The van der Waals surface area contributed by atoms with Crippen molar-refractivity contribution >= 4 is 17.4 Å². The third kappa shape index (κ3) is 3.45. The van der Waals surface area contributed by atoms with Crippen LogP contribution in [0.3, 0.4) is 0 Å². The van der Waals surface area contributed by atoms with Crippen LogP contribution < -0.4 is 10.9 Å². The third-order valence-electron chi connectivity index (χ3n) is 4.00. The van der Waals surface area contributed by atoms with Gasteiger partial charge in [0.1, 0.15) is 11.4 Å². The number of nitro benzene ring substituents is 1. The van der Waals surface area contributed by atoms with Gasteiger partial charge in [-0.15, -0.1) is 0 Å². The zero-order valence-corrected chi connectivity index (χ0v) is 14.8. The van der Waals surface area contributed by atoms with E-state index in [1.807, 2.05) is 0 Å². The molecular weight excluding hydrogens is 352 g/mol. The summed E-state index contributed by atoms with van der Waals surface area (Å²) in [6, 6.07) is 7.19. The van der Waals surface area contributed by atoms with Crippen LogP contribution in [0.1, 0.15) is 27.3 Å². The third-order valence-corrected chi connectivity index (χ3v) is 4.00. The Morgan fingerprint density at radius 1 is 1.26 bits per heavy atom. The highest BCUT2D eigenvalue weighted by molar-refractivity contribution is 6.06. The number of aromatic nitrogens is 4. The molecule has 10 nitrogen and oxygen atoms in total. The first kappa shape index (κ1) is 18.0. The van der Waals surface area contributed by atoms with E-state index >= 15 is 0 Å². The quantitative estimate of drug-likeness (QED) is 0.534. The van der Waals surface area contributed by atoms with Gasteiger partial charge >= 0.3 is 0 Å². The summed E-state index contributed by atoms with van der Waals surface area (Å²) in [5, 5.41) is 18.0. The van der Waals surface area contributed by atoms with Crippen LogP contribution in [-0.4, -0.2) is 30.6 Å². The summed E-state index contributed by atoms with van der Waals surface area (Å²) in [6.07, 6.45) is 0. The number of aryl methyl sites for hydroxylation is 2. The largest absolute Gasteiger partial charge is 0.306 e. The molecule has 0 spiro atoms. The number of para-hydroxylation sites is 1. The molecule has 0 aliphatic heterocycles. The number of benzene rings is 1. The van der Waals surface area contributed by atoms with E-state index in [1.165, 1.54) is 28.9 Å². The molecule has 0 saturated carbocycles. The lowest BCUT2D eigenvalue weighted by Gasteiger charge is -2.09. The Kier molecular flexibility index (Phi) is 4.55. The van der Waals surface area contributed by atoms with Gasteiger partial charge in [-0.2, -0.15) is 9.78 Å². The number of hydrogen-bond donors (Lipinski definition) is 2. The molecule has 0 unspecified atom stereocenters. The van der Waals surface area contributed by atoms with Crippen LogP contribution in [-0.2, 0) is 0 Å². The van der Waals surface area contributed by atoms with Crippen molar-refractivity contribution in [2.75, 3.05) is 5.32 Å². The summed E-state index contributed by atoms with van der Waals surface area (Å²) >= 11 is 0. The molecule has 1 amide bonds. The van der Waals surface area contributed by atoms with Crippen molar-refractivity contribution in [3.8, 4) is 5.95 Å². The Labute approximate surface area is 153 Å². The fraction of sp³-hybridized carbons (Fsp3) is 0.176. The summed E-state index contributed by atoms with van der Waals surface area (Å²) in [5.41, 5.74) is 0.853. The first-order valence-corrected chi connectivity index (χ1v) is 7.97. The number of nitro groups is 1. The molecule has 27 heavy (non-hydrogen) atoms. The Balaban J connectivity index is 2.02. The molecule has 0 fully saturated rings. The fourth-order valence-corrected chi connectivity index (χ4v) is 2.49. The topological polar surface area (TPSA) is 136 Å². The van der Waals surface area contributed by atoms with Gasteiger partial charge in [0.25, 0.3) is 17.2 Å². The molecule has 3 rings (SSSR count). The molecule has 0 saturated heterocycles. The molecule has 10 heteroatoms. The van der Waals surface area contributed by atoms with Gasteiger partial charge in [-0.05, 0) is 26.8 Å². The Morgan fingerprint density at radius 2 is 1.96 bits per heavy atom. The van der Waals surface area contributed by atoms with E-state index in [0.29, 0.717) is 17.0 Å². The maximum Gasteiger partial charge on any atom is 0.282 e. The Bertz CT molecular complexity index is 1110. The van der Waals surface area contributed by atoms with Crippen LogP contribution >= 0.6 is 0 Å². The smallest absolute Gasteiger partial charge is 0.282 e. The molecule has 2 N–H and O–H groups in total. The minimum atomic E-state index is -0.672. The lowest BCUT2D eigenvalue weighted by molar-refractivity contribution is -0.385. The van der Waals surface area contributed by atoms with E-state index in [1.54, 1.807) is 26.8 Å². The summed E-state index contributed by atoms with van der Waals surface area (Å²) in [7, 11) is 0. The number of hydrogen-bond acceptors (Lipinski definition) is 6. The van der Waals surface area contributed by atoms with E-state index in [2.05, 4.69) is 20.4 Å². The van der Waals surface area contributed by atoms with E-state index in [0.717, 1.165) is 0 Å². The minimum Gasteiger partial charge on any atom is -0.306 e. The molecule has 0 aliphatic carbocycles. The summed E-state index contributed by atoms with van der Waals surface area (Å²) < 4.78 is 1.27. The first-order chi connectivity index (χ1) is 12.8. The van der Waals surface area contributed by atoms with Crippen molar-refractivity contribution in [2.45, 2.75) is 20.8 Å². The van der Waals surface area contributed by atoms with Crippen molar-refractivity contribution in [3.05, 3.63) is 73.3 Å². The zero-order valence-electron chi connectivity index (χ0n) is 14.8. The van der Waals surface area contributed by atoms with Crippen LogP contribution in [0.2, 0.25) is 0 Å². The molecule has 2 heterocycles. The molecule has 0 aliphatic rings. The van der Waals surface area contributed by atoms with Gasteiger partial charge in [0, 0.05) is 23.4 Å². The highest BCUT2D eigenvalue weighted by Crippen LogP contribution is 2.21. The summed E-state index contributed by atoms with van der Waals surface area (Å²) in [6.45, 7) is 5.04. The second kappa shape index (κ2) is 6.83. The van der Waals surface area contributed by atoms with Gasteiger partial charge in [-0.3, -0.25) is 24.7 Å². The number of nitrogens with zero attached hydrogens (tertiary/aromatic N) is 4. The van der Waals surface area contributed by atoms with Crippen LogP contribution in [0.25, 0.3) is 5.95 Å². The SMILES string of the molecule is Cc1cc(NC(=O)c2ccccc2[N+](=O)[O-])n(-c2nc(C)c(C)c(=O)[nH]2)n1. The normalized spacial score (nSPS) is 10.6. The number of carbonyl (C=O) groups excluding carboxylic acids is 1. The van der Waals surface area contributed by atoms with E-state index in [9.17, 15) is 19.7 Å². The van der Waals surface area contributed by atoms with Gasteiger partial charge in [0.2, 0.25) is 5.95 Å². The fourth-order valence-electron chi connectivity index (χ4n) is 2.49. The van der Waals surface area contributed by atoms with Gasteiger partial charge in [0.05, 0.1) is 10.6 Å². The number of rotatable bonds is 4. The average Bonchev–Trinajstić information content (AvgIpc) is 2.99. The second-order valence-electron chi connectivity index (χ2n) is 5.91. The number of anilines is 1. The molecule has 1 aromatic carbocycles. The van der Waals surface area contributed by atoms with Crippen molar-refractivity contribution in [3.63, 3.8) is 0 Å². The van der Waals surface area contributed by atoms with Crippen molar-refractivity contribution < 1.29 is 9.72 Å². The maximum atomic E-state index is 12.6. The number of H-pyrrole nitrogens is 1. The lowest BCUT2D eigenvalue weighted by Crippen LogP contribution is -2.21. The predicted molar refractivity (Wildman–Crippen MR) is 97.2 cm³/mol. The van der Waals surface area contributed by atoms with Gasteiger partial charge in [0.15, 0.2) is 0 Å². The maximum absolute atomic E-state index is 12.6. The van der Waals surface area contributed by atoms with Crippen molar-refractivity contribution in [2.24, 2.45) is 0 Å². The second-order valence-corrected chi connectivity index (χ2v) is 5.91. The molecule has 2 aromatic heterocycles. The van der Waals surface area contributed by atoms with Gasteiger partial charge in [-0.25, -0.2) is 4.98 Å². The summed E-state index contributed by atoms with van der Waals surface area (Å²) in [5.74, 6) is -0.314. The first-order valence-electron chi connectivity index (χ1n) is 7.97. The van der Waals surface area contributed by atoms with E-state index in [-0.39, 0.29) is 28.6 Å². The number of amides is 1. The molecule has 0 atom stereocenters. The highest BCUT2D eigenvalue weighted by Gasteiger charge is 2.21. The van der Waals surface area contributed by atoms with E-state index in [4.69, 9.17) is 0 Å². The van der Waals surface area contributed by atoms with Crippen LogP contribution in [0.4, 0.5) is 11.5 Å². The molecule has 0 bridgehead atoms. The van der Waals surface area contributed by atoms with Crippen molar-refractivity contribution in [1.82, 2.24) is 19.7 Å². The van der Waals surface area contributed by atoms with Crippen LogP contribution in [0.15, 0.2) is 35.1 Å². The number of aromatic amines is 1. The van der Waals surface area contributed by atoms with Gasteiger partial charge < -0.3 is 5.32 Å². The highest BCUT2D eigenvalue weighted by atomic mass is 16.6. The number of carbonyl (C=O) groups is 1. The van der Waals surface area contributed by atoms with Crippen LogP contribution in [0.5, 0.6) is 0 Å². The predicted octanol–water partition coefficient (Wildman–Crippen LogP) is 2.04. The standard InChI is InChI=1S/C17H16N6O4/c1-9-8-14(19-16(25)12-6-4-5-7-13(12)23(26)27)22(21-9)17-18-11(3)10(2)15(24)20-17/h4-8H,1-3H3,(H,19,25)(H,18,20,24).